The molecular formula is C15H16N2O. The van der Waals surface area contributed by atoms with Crippen molar-refractivity contribution < 1.29 is 4.79 Å². The Balaban J connectivity index is 2.22. The summed E-state index contributed by atoms with van der Waals surface area (Å²) in [4.78, 5) is 12.1. The fourth-order valence-electron chi connectivity index (χ4n) is 1.71. The number of hydrogen-bond donors (Lipinski definition) is 2. The van der Waals surface area contributed by atoms with E-state index in [2.05, 4.69) is 5.32 Å². The third-order valence-electron chi connectivity index (χ3n) is 2.88. The molecule has 0 aliphatic carbocycles. The molecule has 1 amide bonds. The van der Waals surface area contributed by atoms with Crippen LogP contribution in [0.4, 0.5) is 11.4 Å². The highest BCUT2D eigenvalue weighted by molar-refractivity contribution is 6.08. The number of carbonyl (C=O) groups is 1. The molecule has 0 saturated heterocycles. The summed E-state index contributed by atoms with van der Waals surface area (Å²) in [6, 6.07) is 13.1. The van der Waals surface area contributed by atoms with Gasteiger partial charge in [0.25, 0.3) is 5.91 Å². The Morgan fingerprint density at radius 2 is 1.72 bits per heavy atom. The van der Waals surface area contributed by atoms with Crippen molar-refractivity contribution in [3.63, 3.8) is 0 Å². The van der Waals surface area contributed by atoms with Crippen LogP contribution < -0.4 is 11.1 Å². The van der Waals surface area contributed by atoms with E-state index in [-0.39, 0.29) is 5.91 Å². The van der Waals surface area contributed by atoms with Crippen molar-refractivity contribution in [3.8, 4) is 0 Å². The van der Waals surface area contributed by atoms with Crippen LogP contribution in [0.5, 0.6) is 0 Å². The lowest BCUT2D eigenvalue weighted by Crippen LogP contribution is -2.14. The summed E-state index contributed by atoms with van der Waals surface area (Å²) in [6.45, 7) is 3.89. The van der Waals surface area contributed by atoms with E-state index in [9.17, 15) is 4.79 Å². The summed E-state index contributed by atoms with van der Waals surface area (Å²) < 4.78 is 0. The molecule has 2 rings (SSSR count). The number of carbonyl (C=O) groups excluding carboxylic acids is 1. The van der Waals surface area contributed by atoms with Crippen LogP contribution in [0.25, 0.3) is 0 Å². The van der Waals surface area contributed by atoms with Gasteiger partial charge in [-0.25, -0.2) is 0 Å². The van der Waals surface area contributed by atoms with Gasteiger partial charge in [0.2, 0.25) is 0 Å². The first-order valence-corrected chi connectivity index (χ1v) is 5.81. The topological polar surface area (TPSA) is 55.1 Å². The predicted octanol–water partition coefficient (Wildman–Crippen LogP) is 3.14. The maximum absolute atomic E-state index is 12.1. The molecule has 92 valence electrons. The highest BCUT2D eigenvalue weighted by atomic mass is 16.1. The Morgan fingerprint density at radius 3 is 2.39 bits per heavy atom. The second kappa shape index (κ2) is 4.92. The standard InChI is InChI=1S/C15H16N2O/c1-10-6-8-12(9-7-10)17-15(18)13-5-3-4-11(2)14(13)16/h3-9H,16H2,1-2H3,(H,17,18). The smallest absolute Gasteiger partial charge is 0.257 e. The fraction of sp³-hybridized carbons (Fsp3) is 0.133. The second-order valence-electron chi connectivity index (χ2n) is 4.36. The number of nitrogens with two attached hydrogens (primary N) is 1. The van der Waals surface area contributed by atoms with Crippen molar-refractivity contribution in [3.05, 3.63) is 59.2 Å². The van der Waals surface area contributed by atoms with Gasteiger partial charge in [-0.05, 0) is 37.6 Å². The number of nitrogens with one attached hydrogen (secondary N) is 1. The number of amides is 1. The molecule has 0 unspecified atom stereocenters. The Bertz CT molecular complexity index is 574. The summed E-state index contributed by atoms with van der Waals surface area (Å²) >= 11 is 0. The van der Waals surface area contributed by atoms with Crippen LogP contribution in [0.15, 0.2) is 42.5 Å². The van der Waals surface area contributed by atoms with E-state index in [1.165, 1.54) is 0 Å². The fourth-order valence-corrected chi connectivity index (χ4v) is 1.71. The van der Waals surface area contributed by atoms with Gasteiger partial charge in [-0.15, -0.1) is 0 Å². The lowest BCUT2D eigenvalue weighted by atomic mass is 10.1. The van der Waals surface area contributed by atoms with Gasteiger partial charge in [-0.2, -0.15) is 0 Å². The largest absolute Gasteiger partial charge is 0.398 e. The van der Waals surface area contributed by atoms with E-state index < -0.39 is 0 Å². The van der Waals surface area contributed by atoms with Gasteiger partial charge < -0.3 is 11.1 Å². The third-order valence-corrected chi connectivity index (χ3v) is 2.88. The number of anilines is 2. The SMILES string of the molecule is Cc1ccc(NC(=O)c2cccc(C)c2N)cc1. The zero-order valence-corrected chi connectivity index (χ0v) is 10.5. The van der Waals surface area contributed by atoms with Crippen LogP contribution in [0.3, 0.4) is 0 Å². The third kappa shape index (κ3) is 2.51. The lowest BCUT2D eigenvalue weighted by Gasteiger charge is -2.09. The Morgan fingerprint density at radius 1 is 1.06 bits per heavy atom. The van der Waals surface area contributed by atoms with Crippen molar-refractivity contribution >= 4 is 17.3 Å². The average molecular weight is 240 g/mol. The number of nitrogen functional groups attached to an aromatic ring is 1. The zero-order valence-electron chi connectivity index (χ0n) is 10.5. The lowest BCUT2D eigenvalue weighted by molar-refractivity contribution is 0.102. The van der Waals surface area contributed by atoms with E-state index in [0.29, 0.717) is 11.3 Å². The summed E-state index contributed by atoms with van der Waals surface area (Å²) in [7, 11) is 0. The predicted molar refractivity (Wildman–Crippen MR) is 74.7 cm³/mol. The van der Waals surface area contributed by atoms with E-state index >= 15 is 0 Å². The van der Waals surface area contributed by atoms with E-state index in [4.69, 9.17) is 5.73 Å². The minimum atomic E-state index is -0.181. The van der Waals surface area contributed by atoms with Gasteiger partial charge in [0, 0.05) is 11.4 Å². The highest BCUT2D eigenvalue weighted by Gasteiger charge is 2.10. The normalized spacial score (nSPS) is 10.1. The summed E-state index contributed by atoms with van der Waals surface area (Å²) in [5, 5.41) is 2.83. The molecular weight excluding hydrogens is 224 g/mol. The van der Waals surface area contributed by atoms with E-state index in [1.807, 2.05) is 50.2 Å². The van der Waals surface area contributed by atoms with Crippen molar-refractivity contribution in [1.29, 1.82) is 0 Å². The number of rotatable bonds is 2. The summed E-state index contributed by atoms with van der Waals surface area (Å²) in [6.07, 6.45) is 0. The van der Waals surface area contributed by atoms with Crippen molar-refractivity contribution in [2.24, 2.45) is 0 Å². The molecule has 0 radical (unpaired) electrons. The molecule has 0 atom stereocenters. The molecule has 0 bridgehead atoms. The first kappa shape index (κ1) is 12.2. The average Bonchev–Trinajstić information content (AvgIpc) is 2.35. The molecule has 2 aromatic rings. The van der Waals surface area contributed by atoms with Crippen molar-refractivity contribution in [1.82, 2.24) is 0 Å². The molecule has 0 spiro atoms. The second-order valence-corrected chi connectivity index (χ2v) is 4.36. The number of hydrogen-bond acceptors (Lipinski definition) is 2. The van der Waals surface area contributed by atoms with Crippen molar-refractivity contribution in [2.75, 3.05) is 11.1 Å². The molecule has 3 N–H and O–H groups in total. The van der Waals surface area contributed by atoms with Crippen molar-refractivity contribution in [2.45, 2.75) is 13.8 Å². The quantitative estimate of drug-likeness (QED) is 0.792. The van der Waals surface area contributed by atoms with Crippen LogP contribution in [0.1, 0.15) is 21.5 Å². The molecule has 3 heteroatoms. The van der Waals surface area contributed by atoms with E-state index in [0.717, 1.165) is 16.8 Å². The van der Waals surface area contributed by atoms with Crippen LogP contribution in [-0.2, 0) is 0 Å². The molecule has 2 aromatic carbocycles. The molecule has 0 heterocycles. The van der Waals surface area contributed by atoms with Crippen LogP contribution in [0, 0.1) is 13.8 Å². The first-order valence-electron chi connectivity index (χ1n) is 5.81. The maximum Gasteiger partial charge on any atom is 0.257 e. The molecule has 0 aromatic heterocycles. The maximum atomic E-state index is 12.1. The number of benzene rings is 2. The summed E-state index contributed by atoms with van der Waals surface area (Å²) in [5.41, 5.74) is 9.77. The number of para-hydroxylation sites is 1. The highest BCUT2D eigenvalue weighted by Crippen LogP contribution is 2.18. The minimum absolute atomic E-state index is 0.181. The Kier molecular flexibility index (Phi) is 3.33. The van der Waals surface area contributed by atoms with Crippen LogP contribution >= 0.6 is 0 Å². The summed E-state index contributed by atoms with van der Waals surface area (Å²) in [5.74, 6) is -0.181. The first-order chi connectivity index (χ1) is 8.58. The Hall–Kier alpha value is -2.29. The van der Waals surface area contributed by atoms with Gasteiger partial charge in [0.05, 0.1) is 5.56 Å². The van der Waals surface area contributed by atoms with E-state index in [1.54, 1.807) is 6.07 Å². The molecule has 0 saturated carbocycles. The van der Waals surface area contributed by atoms with Gasteiger partial charge >= 0.3 is 0 Å². The van der Waals surface area contributed by atoms with Gasteiger partial charge in [-0.3, -0.25) is 4.79 Å². The van der Waals surface area contributed by atoms with Crippen LogP contribution in [0.2, 0.25) is 0 Å². The van der Waals surface area contributed by atoms with Gasteiger partial charge in [-0.1, -0.05) is 29.8 Å². The minimum Gasteiger partial charge on any atom is -0.398 e. The van der Waals surface area contributed by atoms with Crippen LogP contribution in [-0.4, -0.2) is 5.91 Å². The molecule has 0 aliphatic heterocycles. The molecule has 3 nitrogen and oxygen atoms in total. The van der Waals surface area contributed by atoms with Gasteiger partial charge in [0.1, 0.15) is 0 Å². The molecule has 18 heavy (non-hydrogen) atoms. The Labute approximate surface area is 107 Å². The monoisotopic (exact) mass is 240 g/mol. The number of aryl methyl sites for hydroxylation is 2. The molecule has 0 aliphatic rings. The molecule has 0 fully saturated rings. The van der Waals surface area contributed by atoms with Gasteiger partial charge in [0.15, 0.2) is 0 Å². The zero-order chi connectivity index (χ0) is 13.1.